The maximum Gasteiger partial charge on any atom is 0.274 e. The van der Waals surface area contributed by atoms with Crippen LogP contribution in [0.5, 0.6) is 0 Å². The van der Waals surface area contributed by atoms with E-state index in [9.17, 15) is 13.2 Å². The van der Waals surface area contributed by atoms with E-state index in [1.165, 1.54) is 16.4 Å². The van der Waals surface area contributed by atoms with Crippen LogP contribution in [0.15, 0.2) is 88.4 Å². The Balaban J connectivity index is 1.34. The number of anilines is 2. The predicted molar refractivity (Wildman–Crippen MR) is 179 cm³/mol. The molecule has 2 atom stereocenters. The van der Waals surface area contributed by atoms with Crippen LogP contribution >= 0.6 is 0 Å². The monoisotopic (exact) mass is 627 g/mol. The van der Waals surface area contributed by atoms with Gasteiger partial charge in [-0.15, -0.1) is 0 Å². The van der Waals surface area contributed by atoms with Gasteiger partial charge in [0.2, 0.25) is 10.0 Å². The van der Waals surface area contributed by atoms with E-state index in [0.29, 0.717) is 31.9 Å². The number of allylic oxidation sites excluding steroid dienone is 1. The molecular weight excluding hydrogens is 586 g/mol. The van der Waals surface area contributed by atoms with Gasteiger partial charge in [0.1, 0.15) is 0 Å². The molecule has 1 aliphatic carbocycles. The van der Waals surface area contributed by atoms with E-state index in [4.69, 9.17) is 9.84 Å². The normalized spacial score (nSPS) is 21.4. The van der Waals surface area contributed by atoms with Crippen molar-refractivity contribution in [2.75, 3.05) is 64.3 Å². The largest absolute Gasteiger partial charge is 0.379 e. The van der Waals surface area contributed by atoms with E-state index in [2.05, 4.69) is 64.4 Å². The fourth-order valence-corrected chi connectivity index (χ4v) is 7.79. The third kappa shape index (κ3) is 6.27. The van der Waals surface area contributed by atoms with Gasteiger partial charge in [-0.1, -0.05) is 24.3 Å². The predicted octanol–water partition coefficient (Wildman–Crippen LogP) is 5.28. The number of hydrogen-bond donors (Lipinski definition) is 0. The number of hydrogen-bond acceptors (Lipinski definition) is 7. The van der Waals surface area contributed by atoms with Crippen molar-refractivity contribution in [2.24, 2.45) is 11.0 Å². The minimum Gasteiger partial charge on any atom is -0.379 e. The van der Waals surface area contributed by atoms with Crippen LogP contribution in [0.4, 0.5) is 11.4 Å². The van der Waals surface area contributed by atoms with Gasteiger partial charge in [0.25, 0.3) is 5.91 Å². The Morgan fingerprint density at radius 3 is 2.07 bits per heavy atom. The molecule has 10 heteroatoms. The lowest BCUT2D eigenvalue weighted by Crippen LogP contribution is -2.40. The van der Waals surface area contributed by atoms with E-state index in [0.717, 1.165) is 53.0 Å². The van der Waals surface area contributed by atoms with Crippen LogP contribution in [0.2, 0.25) is 0 Å². The number of fused-ring (bicyclic) bond motifs is 1. The summed E-state index contributed by atoms with van der Waals surface area (Å²) in [6.07, 6.45) is 5.03. The SMILES string of the molecule is CN(C)c1ccc(/C=C2/CCC[C@@H]3C2=NN(C(=O)c2ccc(S(=O)(=O)N4CCOCC4)cc2)[C@@H]3c2ccc(N(C)C)cc2)cc1. The number of hydrazone groups is 1. The van der Waals surface area contributed by atoms with Crippen molar-refractivity contribution in [2.45, 2.75) is 30.2 Å². The molecule has 3 aliphatic rings. The van der Waals surface area contributed by atoms with Crippen molar-refractivity contribution in [1.82, 2.24) is 9.31 Å². The molecule has 45 heavy (non-hydrogen) atoms. The summed E-state index contributed by atoms with van der Waals surface area (Å²) in [5.74, 6) is -0.190. The summed E-state index contributed by atoms with van der Waals surface area (Å²) in [5.41, 5.74) is 6.87. The molecule has 0 bridgehead atoms. The maximum atomic E-state index is 14.2. The molecule has 0 N–H and O–H groups in total. The highest BCUT2D eigenvalue weighted by Crippen LogP contribution is 2.45. The average Bonchev–Trinajstić information content (AvgIpc) is 3.46. The van der Waals surface area contributed by atoms with Crippen molar-refractivity contribution in [3.8, 4) is 0 Å². The molecule has 1 amide bonds. The minimum atomic E-state index is -3.66. The minimum absolute atomic E-state index is 0.0566. The van der Waals surface area contributed by atoms with Crippen LogP contribution in [0, 0.1) is 5.92 Å². The molecule has 9 nitrogen and oxygen atoms in total. The number of benzene rings is 3. The summed E-state index contributed by atoms with van der Waals surface area (Å²) >= 11 is 0. The highest BCUT2D eigenvalue weighted by atomic mass is 32.2. The number of ether oxygens (including phenoxy) is 1. The molecule has 3 aromatic carbocycles. The number of carbonyl (C=O) groups excluding carboxylic acids is 1. The second-order valence-corrected chi connectivity index (χ2v) is 14.2. The van der Waals surface area contributed by atoms with Gasteiger partial charge in [-0.05, 0) is 90.6 Å². The molecule has 0 radical (unpaired) electrons. The third-order valence-electron chi connectivity index (χ3n) is 8.92. The number of sulfonamides is 1. The lowest BCUT2D eigenvalue weighted by atomic mass is 9.77. The zero-order valence-electron chi connectivity index (χ0n) is 26.4. The highest BCUT2D eigenvalue weighted by Gasteiger charge is 2.44. The van der Waals surface area contributed by atoms with Gasteiger partial charge < -0.3 is 14.5 Å². The first-order valence-electron chi connectivity index (χ1n) is 15.5. The fourth-order valence-electron chi connectivity index (χ4n) is 6.38. The topological polar surface area (TPSA) is 85.8 Å². The van der Waals surface area contributed by atoms with Crippen LogP contribution in [0.25, 0.3) is 6.08 Å². The van der Waals surface area contributed by atoms with E-state index >= 15 is 0 Å². The van der Waals surface area contributed by atoms with Crippen molar-refractivity contribution >= 4 is 39.1 Å². The van der Waals surface area contributed by atoms with Crippen LogP contribution in [-0.2, 0) is 14.8 Å². The van der Waals surface area contributed by atoms with E-state index in [1.807, 2.05) is 28.2 Å². The number of rotatable bonds is 7. The van der Waals surface area contributed by atoms with Crippen molar-refractivity contribution in [3.63, 3.8) is 0 Å². The maximum absolute atomic E-state index is 14.2. The Morgan fingerprint density at radius 1 is 0.867 bits per heavy atom. The van der Waals surface area contributed by atoms with Gasteiger partial charge in [-0.25, -0.2) is 13.4 Å². The second-order valence-electron chi connectivity index (χ2n) is 12.3. The first kappa shape index (κ1) is 31.0. The first-order chi connectivity index (χ1) is 21.6. The molecule has 0 aromatic heterocycles. The molecule has 0 spiro atoms. The summed E-state index contributed by atoms with van der Waals surface area (Å²) in [6, 6.07) is 22.8. The third-order valence-corrected chi connectivity index (χ3v) is 10.8. The zero-order valence-corrected chi connectivity index (χ0v) is 27.2. The van der Waals surface area contributed by atoms with Crippen LogP contribution in [0.3, 0.4) is 0 Å². The Bertz CT molecular complexity index is 1690. The van der Waals surface area contributed by atoms with Crippen molar-refractivity contribution < 1.29 is 17.9 Å². The quantitative estimate of drug-likeness (QED) is 0.355. The molecule has 236 valence electrons. The summed E-state index contributed by atoms with van der Waals surface area (Å²) in [5, 5.41) is 6.67. The molecule has 3 aromatic rings. The molecule has 0 unspecified atom stereocenters. The van der Waals surface area contributed by atoms with Gasteiger partial charge in [-0.2, -0.15) is 9.41 Å². The van der Waals surface area contributed by atoms with Crippen molar-refractivity contribution in [3.05, 3.63) is 95.1 Å². The second kappa shape index (κ2) is 12.8. The van der Waals surface area contributed by atoms with Crippen LogP contribution < -0.4 is 9.80 Å². The van der Waals surface area contributed by atoms with Gasteiger partial charge in [0.05, 0.1) is 29.9 Å². The van der Waals surface area contributed by atoms with Gasteiger partial charge >= 0.3 is 0 Å². The number of nitrogens with zero attached hydrogens (tertiary/aromatic N) is 5. The smallest absolute Gasteiger partial charge is 0.274 e. The summed E-state index contributed by atoms with van der Waals surface area (Å²) in [4.78, 5) is 18.5. The van der Waals surface area contributed by atoms with E-state index < -0.39 is 10.0 Å². The number of carbonyl (C=O) groups is 1. The molecule has 2 heterocycles. The molecule has 6 rings (SSSR count). The van der Waals surface area contributed by atoms with Gasteiger partial charge in [-0.3, -0.25) is 4.79 Å². The summed E-state index contributed by atoms with van der Waals surface area (Å²) in [6.45, 7) is 1.39. The molecule has 1 saturated carbocycles. The molecule has 1 saturated heterocycles. The van der Waals surface area contributed by atoms with Gasteiger partial charge in [0, 0.05) is 64.1 Å². The standard InChI is InChI=1S/C35H41N5O4S/c1-37(2)29-14-8-25(9-15-29)24-28-6-5-7-32-33(28)36-40(34(32)26-10-16-30(17-11-26)38(3)4)35(41)27-12-18-31(19-13-27)45(42,43)39-20-22-44-23-21-39/h8-19,24,32,34H,5-7,20-23H2,1-4H3/b28-24-/t32-,34-/m1/s1. The Morgan fingerprint density at radius 2 is 1.47 bits per heavy atom. The Hall–Kier alpha value is -3.99. The highest BCUT2D eigenvalue weighted by molar-refractivity contribution is 7.89. The lowest BCUT2D eigenvalue weighted by molar-refractivity contribution is 0.0680. The lowest BCUT2D eigenvalue weighted by Gasteiger charge is -2.30. The van der Waals surface area contributed by atoms with Gasteiger partial charge in [0.15, 0.2) is 0 Å². The Kier molecular flexibility index (Phi) is 8.81. The molecular formula is C35H41N5O4S. The number of amides is 1. The first-order valence-corrected chi connectivity index (χ1v) is 16.9. The average molecular weight is 628 g/mol. The van der Waals surface area contributed by atoms with E-state index in [-0.39, 0.29) is 22.8 Å². The zero-order chi connectivity index (χ0) is 31.7. The Labute approximate surface area is 266 Å². The summed E-state index contributed by atoms with van der Waals surface area (Å²) < 4.78 is 33.1. The molecule has 2 fully saturated rings. The van der Waals surface area contributed by atoms with Crippen molar-refractivity contribution in [1.29, 1.82) is 0 Å². The van der Waals surface area contributed by atoms with Crippen LogP contribution in [0.1, 0.15) is 46.8 Å². The fraction of sp³-hybridized carbons (Fsp3) is 0.371. The summed E-state index contributed by atoms with van der Waals surface area (Å²) in [7, 11) is 4.41. The van der Waals surface area contributed by atoms with E-state index in [1.54, 1.807) is 17.1 Å². The van der Waals surface area contributed by atoms with Crippen LogP contribution in [-0.4, -0.2) is 83.8 Å². The number of morpholine rings is 1. The molecule has 2 aliphatic heterocycles.